The minimum Gasteiger partial charge on any atom is -0.510 e. The van der Waals surface area contributed by atoms with Gasteiger partial charge in [0, 0.05) is 30.9 Å². The van der Waals surface area contributed by atoms with Gasteiger partial charge in [-0.1, -0.05) is 57.1 Å². The molecule has 2 aliphatic rings. The molecule has 200 valence electrons. The van der Waals surface area contributed by atoms with Crippen LogP contribution in [0.25, 0.3) is 0 Å². The number of allylic oxidation sites excluding steroid dienone is 8. The molecule has 9 nitrogen and oxygen atoms in total. The van der Waals surface area contributed by atoms with E-state index in [2.05, 4.69) is 17.6 Å². The molecule has 0 saturated heterocycles. The second kappa shape index (κ2) is 13.7. The van der Waals surface area contributed by atoms with Gasteiger partial charge < -0.3 is 26.0 Å². The van der Waals surface area contributed by atoms with Crippen molar-refractivity contribution in [3.05, 3.63) is 71.3 Å². The number of ketones is 2. The van der Waals surface area contributed by atoms with Gasteiger partial charge in [-0.05, 0) is 31.4 Å². The van der Waals surface area contributed by atoms with Crippen molar-refractivity contribution in [1.29, 1.82) is 0 Å². The van der Waals surface area contributed by atoms with Gasteiger partial charge in [-0.15, -0.1) is 0 Å². The summed E-state index contributed by atoms with van der Waals surface area (Å²) in [6, 6.07) is 0. The van der Waals surface area contributed by atoms with Crippen molar-refractivity contribution < 1.29 is 34.5 Å². The van der Waals surface area contributed by atoms with E-state index in [-0.39, 0.29) is 48.1 Å². The van der Waals surface area contributed by atoms with Crippen LogP contribution in [0, 0.1) is 5.92 Å². The van der Waals surface area contributed by atoms with Gasteiger partial charge in [-0.2, -0.15) is 0 Å². The number of rotatable bonds is 11. The molecule has 0 spiro atoms. The van der Waals surface area contributed by atoms with E-state index in [0.717, 1.165) is 31.4 Å². The second-order valence-electron chi connectivity index (χ2n) is 9.35. The summed E-state index contributed by atoms with van der Waals surface area (Å²) in [6.45, 7) is 5.78. The Morgan fingerprint density at radius 2 is 1.84 bits per heavy atom. The summed E-state index contributed by atoms with van der Waals surface area (Å²) >= 11 is 0. The highest BCUT2D eigenvalue weighted by atomic mass is 16.3. The molecule has 2 aliphatic carbocycles. The molecule has 0 saturated carbocycles. The molecule has 0 bridgehead atoms. The molecule has 0 radical (unpaired) electrons. The first-order valence-electron chi connectivity index (χ1n) is 12.4. The zero-order chi connectivity index (χ0) is 27.6. The molecule has 3 atom stereocenters. The van der Waals surface area contributed by atoms with Crippen molar-refractivity contribution in [1.82, 2.24) is 10.6 Å². The lowest BCUT2D eigenvalue weighted by Gasteiger charge is -2.31. The van der Waals surface area contributed by atoms with E-state index < -0.39 is 29.3 Å². The van der Waals surface area contributed by atoms with Crippen LogP contribution >= 0.6 is 0 Å². The summed E-state index contributed by atoms with van der Waals surface area (Å²) < 4.78 is 0. The maximum atomic E-state index is 12.6. The maximum Gasteiger partial charge on any atom is 0.251 e. The third-order valence-electron chi connectivity index (χ3n) is 6.09. The highest BCUT2D eigenvalue weighted by molar-refractivity contribution is 6.04. The number of Topliss-reactive ketones (excluding diaryl/α,β-unsaturated/α-hetero) is 2. The van der Waals surface area contributed by atoms with Gasteiger partial charge in [0.25, 0.3) is 5.91 Å². The van der Waals surface area contributed by atoms with Crippen molar-refractivity contribution in [3.8, 4) is 0 Å². The van der Waals surface area contributed by atoms with E-state index in [0.29, 0.717) is 5.57 Å². The van der Waals surface area contributed by atoms with Crippen LogP contribution in [0.5, 0.6) is 0 Å². The quantitative estimate of drug-likeness (QED) is 0.211. The second-order valence-corrected chi connectivity index (χ2v) is 9.35. The summed E-state index contributed by atoms with van der Waals surface area (Å²) in [5.41, 5.74) is -1.60. The molecule has 0 unspecified atom stereocenters. The molecule has 5 N–H and O–H groups in total. The lowest BCUT2D eigenvalue weighted by molar-refractivity contribution is -0.125. The van der Waals surface area contributed by atoms with Crippen LogP contribution in [0.2, 0.25) is 0 Å². The van der Waals surface area contributed by atoms with E-state index in [9.17, 15) is 34.5 Å². The molecule has 2 amide bonds. The number of nitrogens with one attached hydrogen (secondary N) is 2. The van der Waals surface area contributed by atoms with Crippen molar-refractivity contribution in [3.63, 3.8) is 0 Å². The normalized spacial score (nSPS) is 23.9. The fourth-order valence-corrected chi connectivity index (χ4v) is 3.89. The van der Waals surface area contributed by atoms with Gasteiger partial charge in [0.05, 0.1) is 11.8 Å². The number of aliphatic hydroxyl groups excluding tert-OH is 2. The topological polar surface area (TPSA) is 153 Å². The van der Waals surface area contributed by atoms with Crippen molar-refractivity contribution in [2.24, 2.45) is 5.92 Å². The smallest absolute Gasteiger partial charge is 0.251 e. The average Bonchev–Trinajstić information content (AvgIpc) is 3.15. The Labute approximate surface area is 217 Å². The summed E-state index contributed by atoms with van der Waals surface area (Å²) in [7, 11) is 0. The molecule has 37 heavy (non-hydrogen) atoms. The summed E-state index contributed by atoms with van der Waals surface area (Å²) in [6.07, 6.45) is 12.8. The van der Waals surface area contributed by atoms with Crippen LogP contribution in [0.1, 0.15) is 59.3 Å². The number of hydrogen-bond donors (Lipinski definition) is 5. The molecular formula is C28H36N2O7. The Balaban J connectivity index is 2.01. The van der Waals surface area contributed by atoms with Crippen LogP contribution < -0.4 is 10.6 Å². The third kappa shape index (κ3) is 8.80. The van der Waals surface area contributed by atoms with Crippen molar-refractivity contribution in [2.75, 3.05) is 0 Å². The molecule has 0 aromatic carbocycles. The van der Waals surface area contributed by atoms with Gasteiger partial charge in [0.2, 0.25) is 5.91 Å². The van der Waals surface area contributed by atoms with E-state index in [1.165, 1.54) is 30.4 Å². The monoisotopic (exact) mass is 512 g/mol. The predicted molar refractivity (Wildman–Crippen MR) is 139 cm³/mol. The molecule has 0 heterocycles. The van der Waals surface area contributed by atoms with Crippen LogP contribution in [-0.4, -0.2) is 50.4 Å². The van der Waals surface area contributed by atoms with E-state index in [1.807, 2.05) is 13.0 Å². The zero-order valence-electron chi connectivity index (χ0n) is 21.5. The fraction of sp³-hybridized carbons (Fsp3) is 0.429. The van der Waals surface area contributed by atoms with Crippen molar-refractivity contribution >= 4 is 23.4 Å². The van der Waals surface area contributed by atoms with Crippen LogP contribution in [0.15, 0.2) is 71.3 Å². The minimum atomic E-state index is -1.89. The Morgan fingerprint density at radius 1 is 1.14 bits per heavy atom. The molecule has 0 aromatic heterocycles. The average molecular weight is 513 g/mol. The number of unbranched alkanes of at least 4 members (excludes halogenated alkanes) is 1. The summed E-state index contributed by atoms with van der Waals surface area (Å²) in [4.78, 5) is 48.4. The fourth-order valence-electron chi connectivity index (χ4n) is 3.89. The van der Waals surface area contributed by atoms with Crippen molar-refractivity contribution in [2.45, 2.75) is 71.0 Å². The highest BCUT2D eigenvalue weighted by Crippen LogP contribution is 2.26. The molecule has 0 aromatic rings. The van der Waals surface area contributed by atoms with E-state index in [1.54, 1.807) is 6.92 Å². The first-order chi connectivity index (χ1) is 17.5. The van der Waals surface area contributed by atoms with Crippen LogP contribution in [0.4, 0.5) is 0 Å². The molecule has 2 rings (SSSR count). The Hall–Kier alpha value is -3.56. The van der Waals surface area contributed by atoms with Gasteiger partial charge in [0.15, 0.2) is 11.6 Å². The number of carbonyl (C=O) groups is 4. The number of carbonyl (C=O) groups excluding carboxylic acids is 4. The third-order valence-corrected chi connectivity index (χ3v) is 6.09. The van der Waals surface area contributed by atoms with E-state index >= 15 is 0 Å². The lowest BCUT2D eigenvalue weighted by Crippen LogP contribution is -2.46. The van der Waals surface area contributed by atoms with Gasteiger partial charge >= 0.3 is 0 Å². The Bertz CT molecular complexity index is 1090. The predicted octanol–water partition coefficient (Wildman–Crippen LogP) is 2.74. The zero-order valence-corrected chi connectivity index (χ0v) is 21.5. The lowest BCUT2D eigenvalue weighted by atomic mass is 9.85. The largest absolute Gasteiger partial charge is 0.510 e. The maximum absolute atomic E-state index is 12.6. The standard InChI is InChI=1S/C28H36N2O7/c1-4-5-10-18(2)15-19(3)27(36)29-20-17-28(37,24(34)16-23(20)33)14-9-7-6-8-11-25(35)30-26-21(31)12-13-22(26)32/h6-9,11,14-15,17-18,24,31,34,37H,4-5,10,12-13,16H2,1-3H3,(H,29,36)(H,30,35)/b7-6+,11-8+,14-9+,19-15+/t18-,24-,28+/m0/s1. The number of hydrogen-bond acceptors (Lipinski definition) is 7. The first-order valence-corrected chi connectivity index (χ1v) is 12.4. The minimum absolute atomic E-state index is 0.0871. The van der Waals surface area contributed by atoms with Crippen LogP contribution in [0.3, 0.4) is 0 Å². The highest BCUT2D eigenvalue weighted by Gasteiger charge is 2.39. The van der Waals surface area contributed by atoms with Gasteiger partial charge in [-0.3, -0.25) is 19.2 Å². The SMILES string of the molecule is CCCC[C@H](C)/C=C(\C)C(=O)NC1=C[C@](O)(/C=C/C=C/C=C/C(=O)NC2=C(O)CCC2=O)[C@@H](O)CC1=O. The summed E-state index contributed by atoms with van der Waals surface area (Å²) in [5.74, 6) is -1.77. The number of amides is 2. The first kappa shape index (κ1) is 29.7. The Morgan fingerprint density at radius 3 is 2.49 bits per heavy atom. The molecule has 0 fully saturated rings. The van der Waals surface area contributed by atoms with Crippen LogP contribution in [-0.2, 0) is 19.2 Å². The summed E-state index contributed by atoms with van der Waals surface area (Å²) in [5, 5.41) is 35.6. The molecule has 9 heteroatoms. The Kier molecular flexibility index (Phi) is 11.0. The van der Waals surface area contributed by atoms with Gasteiger partial charge in [0.1, 0.15) is 17.1 Å². The van der Waals surface area contributed by atoms with Gasteiger partial charge in [-0.25, -0.2) is 0 Å². The number of aliphatic hydroxyl groups is 3. The molecule has 0 aliphatic heterocycles. The van der Waals surface area contributed by atoms with E-state index in [4.69, 9.17) is 0 Å². The molecular weight excluding hydrogens is 476 g/mol.